The number of piperidine rings is 1. The van der Waals surface area contributed by atoms with E-state index in [9.17, 15) is 14.9 Å². The lowest BCUT2D eigenvalue weighted by molar-refractivity contribution is 0.0955. The fraction of sp³-hybridized carbons (Fsp3) is 0.417. The first-order valence-corrected chi connectivity index (χ1v) is 12.2. The maximum absolute atomic E-state index is 13.6. The van der Waals surface area contributed by atoms with E-state index in [4.69, 9.17) is 10.7 Å². The predicted octanol–water partition coefficient (Wildman–Crippen LogP) is 2.84. The summed E-state index contributed by atoms with van der Waals surface area (Å²) in [5, 5.41) is 14.2. The van der Waals surface area contributed by atoms with E-state index in [2.05, 4.69) is 18.3 Å². The maximum atomic E-state index is 13.6. The first kappa shape index (κ1) is 23.0. The molecule has 3 heterocycles. The van der Waals surface area contributed by atoms with Crippen LogP contribution < -0.4 is 21.5 Å². The van der Waals surface area contributed by atoms with Crippen molar-refractivity contribution in [1.82, 2.24) is 14.9 Å². The number of carbonyl (C=O) groups is 1. The second-order valence-corrected chi connectivity index (χ2v) is 9.24. The summed E-state index contributed by atoms with van der Waals surface area (Å²) in [6.07, 6.45) is 3.70. The molecule has 0 saturated carbocycles. The number of hydrogen-bond donors (Lipinski definition) is 2. The summed E-state index contributed by atoms with van der Waals surface area (Å²) in [4.78, 5) is 33.3. The molecule has 1 saturated heterocycles. The number of benzene rings is 1. The lowest BCUT2D eigenvalue weighted by atomic mass is 10.1. The van der Waals surface area contributed by atoms with Gasteiger partial charge >= 0.3 is 0 Å². The molecule has 0 bridgehead atoms. The van der Waals surface area contributed by atoms with E-state index in [1.807, 2.05) is 17.0 Å². The molecule has 9 heteroatoms. The van der Waals surface area contributed by atoms with Crippen LogP contribution in [0, 0.1) is 11.3 Å². The summed E-state index contributed by atoms with van der Waals surface area (Å²) in [5.41, 5.74) is 8.14. The largest absolute Gasteiger partial charge is 0.352 e. The molecule has 3 aromatic rings. The number of nitrogens with one attached hydrogen (secondary N) is 1. The fourth-order valence-electron chi connectivity index (χ4n) is 4.14. The van der Waals surface area contributed by atoms with Gasteiger partial charge in [0.2, 0.25) is 5.95 Å². The Kier molecular flexibility index (Phi) is 7.06. The second-order valence-electron chi connectivity index (χ2n) is 8.36. The highest BCUT2D eigenvalue weighted by atomic mass is 32.1. The first-order chi connectivity index (χ1) is 16.0. The smallest absolute Gasteiger partial charge is 0.273 e. The van der Waals surface area contributed by atoms with Gasteiger partial charge in [-0.1, -0.05) is 31.5 Å². The zero-order valence-electron chi connectivity index (χ0n) is 18.7. The maximum Gasteiger partial charge on any atom is 0.273 e. The fourth-order valence-corrected chi connectivity index (χ4v) is 5.07. The number of carbonyl (C=O) groups excluding carboxylic acids is 1. The molecule has 1 atom stereocenters. The Labute approximate surface area is 196 Å². The average Bonchev–Trinajstić information content (AvgIpc) is 3.25. The highest BCUT2D eigenvalue weighted by Crippen LogP contribution is 2.26. The van der Waals surface area contributed by atoms with Crippen molar-refractivity contribution in [2.45, 2.75) is 45.2 Å². The summed E-state index contributed by atoms with van der Waals surface area (Å²) in [7, 11) is 0. The number of nitrogens with two attached hydrogens (primary N) is 1. The van der Waals surface area contributed by atoms with Crippen molar-refractivity contribution in [2.75, 3.05) is 24.5 Å². The van der Waals surface area contributed by atoms with Gasteiger partial charge in [0.05, 0.1) is 23.7 Å². The number of thiophene rings is 1. The molecule has 1 fully saturated rings. The molecule has 33 heavy (non-hydrogen) atoms. The Bertz CT molecular complexity index is 1260. The van der Waals surface area contributed by atoms with Crippen LogP contribution in [-0.4, -0.2) is 41.1 Å². The molecule has 1 amide bonds. The number of fused-ring (bicyclic) bond motifs is 1. The van der Waals surface area contributed by atoms with E-state index in [0.29, 0.717) is 40.4 Å². The number of aromatic nitrogens is 2. The van der Waals surface area contributed by atoms with E-state index in [1.165, 1.54) is 11.3 Å². The van der Waals surface area contributed by atoms with Crippen LogP contribution in [0.25, 0.3) is 10.2 Å². The predicted molar refractivity (Wildman–Crippen MR) is 131 cm³/mol. The molecule has 0 radical (unpaired) electrons. The Morgan fingerprint density at radius 2 is 2.21 bits per heavy atom. The molecule has 1 aromatic carbocycles. The molecule has 0 aliphatic carbocycles. The minimum atomic E-state index is -0.213. The van der Waals surface area contributed by atoms with Gasteiger partial charge in [-0.05, 0) is 30.9 Å². The minimum Gasteiger partial charge on any atom is -0.352 e. The van der Waals surface area contributed by atoms with Crippen molar-refractivity contribution >= 4 is 33.4 Å². The highest BCUT2D eigenvalue weighted by Gasteiger charge is 2.25. The average molecular weight is 465 g/mol. The van der Waals surface area contributed by atoms with Crippen molar-refractivity contribution in [3.8, 4) is 6.07 Å². The topological polar surface area (TPSA) is 117 Å². The zero-order chi connectivity index (χ0) is 23.4. The molecule has 1 unspecified atom stereocenters. The van der Waals surface area contributed by atoms with Crippen molar-refractivity contribution < 1.29 is 4.79 Å². The summed E-state index contributed by atoms with van der Waals surface area (Å²) in [6, 6.07) is 9.45. The molecule has 4 rings (SSSR count). The standard InChI is InChI=1S/C24H28N6O2S/c1-2-3-10-27-22(31)19-15-33-21-20(19)28-24(29-11-6-9-18(26)14-29)30(23(21)32)13-17-8-5-4-7-16(17)12-25/h4-5,7-8,15,18H,2-3,6,9-11,13-14,26H2,1H3,(H,27,31). The monoisotopic (exact) mass is 464 g/mol. The lowest BCUT2D eigenvalue weighted by Gasteiger charge is -2.33. The summed E-state index contributed by atoms with van der Waals surface area (Å²) in [6.45, 7) is 4.19. The Morgan fingerprint density at radius 1 is 1.39 bits per heavy atom. The molecule has 2 aromatic heterocycles. The third kappa shape index (κ3) is 4.77. The van der Waals surface area contributed by atoms with Crippen molar-refractivity contribution in [1.29, 1.82) is 5.26 Å². The molecule has 1 aliphatic heterocycles. The summed E-state index contributed by atoms with van der Waals surface area (Å²) < 4.78 is 2.06. The zero-order valence-corrected chi connectivity index (χ0v) is 19.5. The third-order valence-electron chi connectivity index (χ3n) is 5.92. The number of unbranched alkanes of at least 4 members (excludes halogenated alkanes) is 1. The molecule has 1 aliphatic rings. The van der Waals surface area contributed by atoms with Crippen molar-refractivity contribution in [2.24, 2.45) is 5.73 Å². The Hall–Kier alpha value is -3.22. The van der Waals surface area contributed by atoms with Gasteiger partial charge in [0, 0.05) is 31.1 Å². The van der Waals surface area contributed by atoms with Gasteiger partial charge < -0.3 is 16.0 Å². The molecule has 0 spiro atoms. The number of hydrogen-bond acceptors (Lipinski definition) is 7. The van der Waals surface area contributed by atoms with Gasteiger partial charge in [-0.2, -0.15) is 5.26 Å². The van der Waals surface area contributed by atoms with Crippen molar-refractivity contribution in [3.63, 3.8) is 0 Å². The normalized spacial score (nSPS) is 16.0. The number of rotatable bonds is 7. The molecule has 8 nitrogen and oxygen atoms in total. The van der Waals surface area contributed by atoms with Crippen LogP contribution >= 0.6 is 11.3 Å². The van der Waals surface area contributed by atoms with Crippen LogP contribution in [0.3, 0.4) is 0 Å². The number of anilines is 1. The van der Waals surface area contributed by atoms with Gasteiger partial charge in [-0.15, -0.1) is 11.3 Å². The SMILES string of the molecule is CCCCNC(=O)c1csc2c(=O)n(Cc3ccccc3C#N)c(N3CCCC(N)C3)nc12. The van der Waals surface area contributed by atoms with Gasteiger partial charge in [-0.25, -0.2) is 4.98 Å². The van der Waals surface area contributed by atoms with Crippen LogP contribution in [0.5, 0.6) is 0 Å². The van der Waals surface area contributed by atoms with E-state index in [0.717, 1.165) is 37.8 Å². The van der Waals surface area contributed by atoms with E-state index >= 15 is 0 Å². The lowest BCUT2D eigenvalue weighted by Crippen LogP contribution is -2.45. The van der Waals surface area contributed by atoms with Crippen LogP contribution in [0.1, 0.15) is 54.1 Å². The van der Waals surface area contributed by atoms with Gasteiger partial charge in [0.1, 0.15) is 10.2 Å². The van der Waals surface area contributed by atoms with Crippen LogP contribution in [0.2, 0.25) is 0 Å². The Balaban J connectivity index is 1.83. The summed E-state index contributed by atoms with van der Waals surface area (Å²) in [5.74, 6) is 0.284. The van der Waals surface area contributed by atoms with E-state index in [1.54, 1.807) is 22.1 Å². The first-order valence-electron chi connectivity index (χ1n) is 11.3. The van der Waals surface area contributed by atoms with Gasteiger partial charge in [0.25, 0.3) is 11.5 Å². The number of nitrogens with zero attached hydrogens (tertiary/aromatic N) is 4. The Morgan fingerprint density at radius 3 is 2.97 bits per heavy atom. The highest BCUT2D eigenvalue weighted by molar-refractivity contribution is 7.17. The molecular weight excluding hydrogens is 436 g/mol. The molecule has 3 N–H and O–H groups in total. The minimum absolute atomic E-state index is 0.00881. The van der Waals surface area contributed by atoms with Crippen LogP contribution in [0.15, 0.2) is 34.4 Å². The number of amides is 1. The van der Waals surface area contributed by atoms with E-state index < -0.39 is 0 Å². The number of nitriles is 1. The molecule has 172 valence electrons. The molecular formula is C24H28N6O2S. The quantitative estimate of drug-likeness (QED) is 0.519. The third-order valence-corrected chi connectivity index (χ3v) is 6.88. The summed E-state index contributed by atoms with van der Waals surface area (Å²) >= 11 is 1.23. The van der Waals surface area contributed by atoms with E-state index in [-0.39, 0.29) is 24.1 Å². The van der Waals surface area contributed by atoms with Crippen molar-refractivity contribution in [3.05, 3.63) is 56.7 Å². The van der Waals surface area contributed by atoms with Gasteiger partial charge in [-0.3, -0.25) is 14.2 Å². The van der Waals surface area contributed by atoms with Crippen LogP contribution in [-0.2, 0) is 6.54 Å². The second kappa shape index (κ2) is 10.1. The van der Waals surface area contributed by atoms with Gasteiger partial charge in [0.15, 0.2) is 0 Å². The van der Waals surface area contributed by atoms with Crippen LogP contribution in [0.4, 0.5) is 5.95 Å².